The van der Waals surface area contributed by atoms with E-state index in [1.54, 1.807) is 0 Å². The Bertz CT molecular complexity index is 107. The Morgan fingerprint density at radius 3 is 2.27 bits per heavy atom. The maximum Gasteiger partial charge on any atom is -0.0326 e. The summed E-state index contributed by atoms with van der Waals surface area (Å²) in [4.78, 5) is 0. The summed E-state index contributed by atoms with van der Waals surface area (Å²) >= 11 is 0. The molecule has 1 saturated carbocycles. The van der Waals surface area contributed by atoms with Gasteiger partial charge in [-0.3, -0.25) is 0 Å². The first-order valence-electron chi connectivity index (χ1n) is 4.70. The molecule has 1 aliphatic carbocycles. The second-order valence-electron chi connectivity index (χ2n) is 4.18. The third-order valence-corrected chi connectivity index (χ3v) is 3.37. The van der Waals surface area contributed by atoms with E-state index in [1.807, 2.05) is 0 Å². The highest BCUT2D eigenvalue weighted by atomic mass is 14.4. The average Bonchev–Trinajstić information content (AvgIpc) is 2.33. The fourth-order valence-corrected chi connectivity index (χ4v) is 2.12. The van der Waals surface area contributed by atoms with Crippen molar-refractivity contribution in [2.45, 2.75) is 60.3 Å². The van der Waals surface area contributed by atoms with Gasteiger partial charge in [-0.1, -0.05) is 41.0 Å². The Morgan fingerprint density at radius 2 is 2.00 bits per heavy atom. The predicted molar refractivity (Wildman–Crippen MR) is 52.8 cm³/mol. The van der Waals surface area contributed by atoms with Gasteiger partial charge in [-0.15, -0.1) is 0 Å². The molecule has 0 bridgehead atoms. The minimum absolute atomic E-state index is 0. The summed E-state index contributed by atoms with van der Waals surface area (Å²) in [6, 6.07) is 0. The molecule has 1 aliphatic rings. The highest BCUT2D eigenvalue weighted by molar-refractivity contribution is 4.83. The molecule has 0 N–H and O–H groups in total. The van der Waals surface area contributed by atoms with Crippen molar-refractivity contribution in [3.63, 3.8) is 0 Å². The van der Waals surface area contributed by atoms with Crippen LogP contribution in [0.2, 0.25) is 0 Å². The van der Waals surface area contributed by atoms with Gasteiger partial charge in [-0.05, 0) is 30.6 Å². The molecule has 2 atom stereocenters. The van der Waals surface area contributed by atoms with E-state index in [4.69, 9.17) is 0 Å². The van der Waals surface area contributed by atoms with Gasteiger partial charge < -0.3 is 0 Å². The maximum absolute atomic E-state index is 2.45. The van der Waals surface area contributed by atoms with Crippen LogP contribution in [0.15, 0.2) is 0 Å². The molecule has 0 aliphatic heterocycles. The lowest BCUT2D eigenvalue weighted by molar-refractivity contribution is 0.306. The predicted octanol–water partition coefficient (Wildman–Crippen LogP) is 4.25. The van der Waals surface area contributed by atoms with Crippen molar-refractivity contribution in [3.8, 4) is 0 Å². The molecule has 68 valence electrons. The summed E-state index contributed by atoms with van der Waals surface area (Å²) in [7, 11) is 0. The highest BCUT2D eigenvalue weighted by Crippen LogP contribution is 2.44. The van der Waals surface area contributed by atoms with Crippen LogP contribution in [0.1, 0.15) is 60.3 Å². The van der Waals surface area contributed by atoms with E-state index in [0.29, 0.717) is 5.41 Å². The molecule has 0 heterocycles. The maximum atomic E-state index is 2.45. The van der Waals surface area contributed by atoms with Gasteiger partial charge in [0.2, 0.25) is 0 Å². The Balaban J connectivity index is 0.000001000. The fourth-order valence-electron chi connectivity index (χ4n) is 2.12. The zero-order valence-electron chi connectivity index (χ0n) is 7.61. The molecule has 11 heavy (non-hydrogen) atoms. The van der Waals surface area contributed by atoms with Gasteiger partial charge in [0.25, 0.3) is 0 Å². The van der Waals surface area contributed by atoms with Crippen LogP contribution in [-0.2, 0) is 0 Å². The molecule has 0 radical (unpaired) electrons. The Hall–Kier alpha value is 0. The van der Waals surface area contributed by atoms with Crippen LogP contribution < -0.4 is 0 Å². The van der Waals surface area contributed by atoms with E-state index in [2.05, 4.69) is 20.8 Å². The van der Waals surface area contributed by atoms with E-state index in [0.717, 1.165) is 5.92 Å². The van der Waals surface area contributed by atoms with E-state index < -0.39 is 0 Å². The van der Waals surface area contributed by atoms with Crippen LogP contribution in [0.25, 0.3) is 0 Å². The number of hydrogen-bond acceptors (Lipinski definition) is 0. The fraction of sp³-hybridized carbons (Fsp3) is 1.00. The van der Waals surface area contributed by atoms with Crippen molar-refractivity contribution in [1.29, 1.82) is 0 Å². The minimum Gasteiger partial charge on any atom is -0.0776 e. The van der Waals surface area contributed by atoms with Crippen LogP contribution in [0.3, 0.4) is 0 Å². The second-order valence-corrected chi connectivity index (χ2v) is 4.18. The zero-order chi connectivity index (χ0) is 7.61. The molecule has 0 aromatic carbocycles. The van der Waals surface area contributed by atoms with Crippen LogP contribution >= 0.6 is 0 Å². The van der Waals surface area contributed by atoms with E-state index in [1.165, 1.54) is 32.1 Å². The van der Waals surface area contributed by atoms with Crippen LogP contribution in [0.4, 0.5) is 0 Å². The minimum atomic E-state index is 0. The first-order chi connectivity index (χ1) is 4.70. The molecule has 0 nitrogen and oxygen atoms in total. The van der Waals surface area contributed by atoms with Crippen molar-refractivity contribution in [1.82, 2.24) is 0 Å². The number of hydrogen-bond donors (Lipinski definition) is 0. The summed E-state index contributed by atoms with van der Waals surface area (Å²) in [6.07, 6.45) is 7.22. The van der Waals surface area contributed by atoms with Crippen molar-refractivity contribution in [2.75, 3.05) is 0 Å². The Morgan fingerprint density at radius 1 is 1.36 bits per heavy atom. The van der Waals surface area contributed by atoms with Gasteiger partial charge in [-0.2, -0.15) is 0 Å². The smallest absolute Gasteiger partial charge is 0.0326 e. The molecule has 0 aromatic rings. The second kappa shape index (κ2) is 4.13. The standard InChI is InChI=1S/C10H20.CH4/c1-4-9-6-7-10(3,5-2)8-9;/h9H,4-8H2,1-3H3;1H4. The topological polar surface area (TPSA) is 0 Å². The van der Waals surface area contributed by atoms with Crippen LogP contribution in [-0.4, -0.2) is 0 Å². The third kappa shape index (κ3) is 2.50. The number of rotatable bonds is 2. The normalized spacial score (nSPS) is 36.8. The quantitative estimate of drug-likeness (QED) is 0.560. The SMILES string of the molecule is C.CCC1CCC(C)(CC)C1. The lowest BCUT2D eigenvalue weighted by atomic mass is 9.85. The summed E-state index contributed by atoms with van der Waals surface area (Å²) in [5, 5.41) is 0. The van der Waals surface area contributed by atoms with E-state index >= 15 is 0 Å². The van der Waals surface area contributed by atoms with Gasteiger partial charge >= 0.3 is 0 Å². The lowest BCUT2D eigenvalue weighted by Crippen LogP contribution is -2.09. The van der Waals surface area contributed by atoms with Crippen LogP contribution in [0, 0.1) is 11.3 Å². The first-order valence-corrected chi connectivity index (χ1v) is 4.70. The monoisotopic (exact) mass is 156 g/mol. The molecular formula is C11H24. The van der Waals surface area contributed by atoms with Gasteiger partial charge in [0.15, 0.2) is 0 Å². The molecule has 0 amide bonds. The van der Waals surface area contributed by atoms with Gasteiger partial charge in [0.05, 0.1) is 0 Å². The van der Waals surface area contributed by atoms with Crippen molar-refractivity contribution in [3.05, 3.63) is 0 Å². The van der Waals surface area contributed by atoms with Crippen molar-refractivity contribution < 1.29 is 0 Å². The van der Waals surface area contributed by atoms with Gasteiger partial charge in [0, 0.05) is 0 Å². The largest absolute Gasteiger partial charge is 0.0776 e. The first kappa shape index (κ1) is 11.0. The van der Waals surface area contributed by atoms with Crippen molar-refractivity contribution >= 4 is 0 Å². The van der Waals surface area contributed by atoms with E-state index in [9.17, 15) is 0 Å². The molecule has 0 saturated heterocycles. The summed E-state index contributed by atoms with van der Waals surface area (Å²) < 4.78 is 0. The molecule has 1 rings (SSSR count). The van der Waals surface area contributed by atoms with Gasteiger partial charge in [0.1, 0.15) is 0 Å². The lowest BCUT2D eigenvalue weighted by Gasteiger charge is -2.21. The summed E-state index contributed by atoms with van der Waals surface area (Å²) in [5.41, 5.74) is 0.709. The third-order valence-electron chi connectivity index (χ3n) is 3.37. The zero-order valence-corrected chi connectivity index (χ0v) is 7.61. The average molecular weight is 156 g/mol. The van der Waals surface area contributed by atoms with Crippen LogP contribution in [0.5, 0.6) is 0 Å². The summed E-state index contributed by atoms with van der Waals surface area (Å²) in [5.74, 6) is 1.05. The molecule has 0 aromatic heterocycles. The molecular weight excluding hydrogens is 132 g/mol. The van der Waals surface area contributed by atoms with Crippen molar-refractivity contribution in [2.24, 2.45) is 11.3 Å². The summed E-state index contributed by atoms with van der Waals surface area (Å²) in [6.45, 7) is 7.10. The Kier molecular flexibility index (Phi) is 4.13. The van der Waals surface area contributed by atoms with Gasteiger partial charge in [-0.25, -0.2) is 0 Å². The molecule has 1 fully saturated rings. The van der Waals surface area contributed by atoms with E-state index in [-0.39, 0.29) is 7.43 Å². The molecule has 0 spiro atoms. The Labute approximate surface area is 72.4 Å². The highest BCUT2D eigenvalue weighted by Gasteiger charge is 2.31. The molecule has 2 unspecified atom stereocenters. The molecule has 0 heteroatoms.